The minimum absolute atomic E-state index is 0.0235. The fourth-order valence-corrected chi connectivity index (χ4v) is 3.63. The molecule has 2 amide bonds. The van der Waals surface area contributed by atoms with Crippen molar-refractivity contribution in [1.82, 2.24) is 5.16 Å². The predicted octanol–water partition coefficient (Wildman–Crippen LogP) is 4.87. The molecular formula is C23H23F2N3O4S. The van der Waals surface area contributed by atoms with E-state index in [2.05, 4.69) is 20.5 Å². The fraction of sp³-hybridized carbons (Fsp3) is 0.261. The van der Waals surface area contributed by atoms with Gasteiger partial charge in [0.1, 0.15) is 11.5 Å². The van der Waals surface area contributed by atoms with Gasteiger partial charge < -0.3 is 19.9 Å². The molecule has 10 heteroatoms. The Morgan fingerprint density at radius 3 is 2.55 bits per heavy atom. The number of carbonyl (C=O) groups is 2. The van der Waals surface area contributed by atoms with Crippen LogP contribution in [0.3, 0.4) is 0 Å². The van der Waals surface area contributed by atoms with Crippen molar-refractivity contribution in [3.05, 3.63) is 71.5 Å². The summed E-state index contributed by atoms with van der Waals surface area (Å²) >= 11 is 1.15. The van der Waals surface area contributed by atoms with Gasteiger partial charge in [0.15, 0.2) is 5.82 Å². The highest BCUT2D eigenvalue weighted by Gasteiger charge is 2.17. The zero-order valence-electron chi connectivity index (χ0n) is 18.0. The van der Waals surface area contributed by atoms with E-state index < -0.39 is 11.9 Å². The summed E-state index contributed by atoms with van der Waals surface area (Å²) in [4.78, 5) is 24.6. The quantitative estimate of drug-likeness (QED) is 0.434. The number of thioether (sulfide) groups is 1. The molecule has 2 aromatic carbocycles. The number of alkyl halides is 2. The Morgan fingerprint density at radius 1 is 1.12 bits per heavy atom. The van der Waals surface area contributed by atoms with E-state index in [9.17, 15) is 18.4 Å². The lowest BCUT2D eigenvalue weighted by atomic mass is 10.0. The number of halogens is 2. The highest BCUT2D eigenvalue weighted by molar-refractivity contribution is 8.01. The first-order valence-corrected chi connectivity index (χ1v) is 11.1. The van der Waals surface area contributed by atoms with Crippen LogP contribution >= 0.6 is 11.8 Å². The molecule has 2 N–H and O–H groups in total. The van der Waals surface area contributed by atoms with E-state index in [-0.39, 0.29) is 23.3 Å². The molecule has 1 unspecified atom stereocenters. The van der Waals surface area contributed by atoms with Crippen molar-refractivity contribution in [2.75, 3.05) is 16.4 Å². The molecule has 1 atom stereocenters. The van der Waals surface area contributed by atoms with Gasteiger partial charge in [-0.2, -0.15) is 8.78 Å². The Hall–Kier alpha value is -3.40. The third-order valence-corrected chi connectivity index (χ3v) is 5.65. The number of nitrogens with one attached hydrogen (secondary N) is 2. The number of amides is 2. The van der Waals surface area contributed by atoms with Crippen molar-refractivity contribution in [3.8, 4) is 5.75 Å². The standard InChI is InChI=1S/C23H23F2N3O4S/c1-14-10-20(28-32-14)27-22(30)15(2)33-13-21(29)26-18-8-9-19(31-23(24)25)17(12-18)11-16-6-4-3-5-7-16/h3-10,12,15,23H,11,13H2,1-2H3,(H,26,29)(H,27,28,30). The zero-order valence-corrected chi connectivity index (χ0v) is 18.8. The number of aryl methyl sites for hydroxylation is 1. The van der Waals surface area contributed by atoms with Crippen LogP contribution in [0, 0.1) is 6.92 Å². The van der Waals surface area contributed by atoms with E-state index in [1.54, 1.807) is 26.0 Å². The van der Waals surface area contributed by atoms with Crippen LogP contribution in [0.4, 0.5) is 20.3 Å². The van der Waals surface area contributed by atoms with Gasteiger partial charge in [0, 0.05) is 23.7 Å². The highest BCUT2D eigenvalue weighted by Crippen LogP contribution is 2.27. The molecule has 0 aliphatic rings. The molecule has 1 heterocycles. The normalized spacial score (nSPS) is 11.8. The minimum atomic E-state index is -2.95. The summed E-state index contributed by atoms with van der Waals surface area (Å²) in [5, 5.41) is 8.54. The molecule has 0 fully saturated rings. The molecule has 7 nitrogen and oxygen atoms in total. The average Bonchev–Trinajstić information content (AvgIpc) is 3.18. The Bertz CT molecular complexity index is 1090. The van der Waals surface area contributed by atoms with E-state index in [0.29, 0.717) is 29.2 Å². The van der Waals surface area contributed by atoms with Gasteiger partial charge in [-0.05, 0) is 37.6 Å². The molecule has 0 spiro atoms. The number of ether oxygens (including phenoxy) is 1. The summed E-state index contributed by atoms with van der Waals surface area (Å²) in [5.41, 5.74) is 1.88. The van der Waals surface area contributed by atoms with Crippen molar-refractivity contribution in [1.29, 1.82) is 0 Å². The summed E-state index contributed by atoms with van der Waals surface area (Å²) in [7, 11) is 0. The van der Waals surface area contributed by atoms with Gasteiger partial charge in [-0.25, -0.2) is 0 Å². The number of anilines is 2. The predicted molar refractivity (Wildman–Crippen MR) is 123 cm³/mol. The summed E-state index contributed by atoms with van der Waals surface area (Å²) in [6.45, 7) is 0.433. The van der Waals surface area contributed by atoms with Crippen LogP contribution in [0.1, 0.15) is 23.8 Å². The second-order valence-corrected chi connectivity index (χ2v) is 8.51. The number of hydrogen-bond acceptors (Lipinski definition) is 6. The van der Waals surface area contributed by atoms with Gasteiger partial charge in [-0.3, -0.25) is 9.59 Å². The largest absolute Gasteiger partial charge is 0.435 e. The van der Waals surface area contributed by atoms with E-state index in [4.69, 9.17) is 4.52 Å². The lowest BCUT2D eigenvalue weighted by Crippen LogP contribution is -2.25. The first kappa shape index (κ1) is 24.2. The van der Waals surface area contributed by atoms with E-state index in [1.807, 2.05) is 30.3 Å². The molecular weight excluding hydrogens is 452 g/mol. The van der Waals surface area contributed by atoms with E-state index >= 15 is 0 Å². The molecule has 0 aliphatic carbocycles. The van der Waals surface area contributed by atoms with Crippen LogP contribution in [-0.4, -0.2) is 34.6 Å². The molecule has 1 aromatic heterocycles. The Kier molecular flexibility index (Phi) is 8.42. The molecule has 0 radical (unpaired) electrons. The van der Waals surface area contributed by atoms with Crippen molar-refractivity contribution < 1.29 is 27.6 Å². The third-order valence-electron chi connectivity index (χ3n) is 4.51. The van der Waals surface area contributed by atoms with Gasteiger partial charge in [0.05, 0.1) is 11.0 Å². The number of aromatic nitrogens is 1. The molecule has 0 saturated carbocycles. The molecule has 33 heavy (non-hydrogen) atoms. The number of hydrogen-bond donors (Lipinski definition) is 2. The first-order valence-electron chi connectivity index (χ1n) is 10.1. The first-order chi connectivity index (χ1) is 15.8. The van der Waals surface area contributed by atoms with Crippen molar-refractivity contribution in [3.63, 3.8) is 0 Å². The van der Waals surface area contributed by atoms with Crippen molar-refractivity contribution in [2.45, 2.75) is 32.1 Å². The van der Waals surface area contributed by atoms with Crippen LogP contribution in [0.5, 0.6) is 5.75 Å². The average molecular weight is 476 g/mol. The summed E-state index contributed by atoms with van der Waals surface area (Å²) in [6, 6.07) is 15.4. The number of benzene rings is 2. The van der Waals surface area contributed by atoms with Crippen molar-refractivity contribution >= 4 is 35.1 Å². The van der Waals surface area contributed by atoms with Crippen LogP contribution in [0.15, 0.2) is 59.1 Å². The Morgan fingerprint density at radius 2 is 1.88 bits per heavy atom. The van der Waals surface area contributed by atoms with Crippen LogP contribution in [0.25, 0.3) is 0 Å². The second-order valence-electron chi connectivity index (χ2n) is 7.18. The van der Waals surface area contributed by atoms with Crippen LogP contribution in [0.2, 0.25) is 0 Å². The van der Waals surface area contributed by atoms with Gasteiger partial charge in [0.2, 0.25) is 11.8 Å². The van der Waals surface area contributed by atoms with Crippen LogP contribution in [-0.2, 0) is 16.0 Å². The molecule has 3 rings (SSSR count). The highest BCUT2D eigenvalue weighted by atomic mass is 32.2. The molecule has 3 aromatic rings. The maximum absolute atomic E-state index is 12.8. The maximum atomic E-state index is 12.8. The number of rotatable bonds is 10. The molecule has 174 valence electrons. The van der Waals surface area contributed by atoms with Gasteiger partial charge >= 0.3 is 6.61 Å². The molecule has 0 saturated heterocycles. The monoisotopic (exact) mass is 475 g/mol. The smallest absolute Gasteiger partial charge is 0.387 e. The van der Waals surface area contributed by atoms with Gasteiger partial charge in [-0.1, -0.05) is 35.5 Å². The molecule has 0 bridgehead atoms. The summed E-state index contributed by atoms with van der Waals surface area (Å²) in [6.07, 6.45) is 0.361. The maximum Gasteiger partial charge on any atom is 0.387 e. The zero-order chi connectivity index (χ0) is 23.8. The lowest BCUT2D eigenvalue weighted by Gasteiger charge is -2.14. The minimum Gasteiger partial charge on any atom is -0.435 e. The Balaban J connectivity index is 1.59. The van der Waals surface area contributed by atoms with E-state index in [1.165, 1.54) is 12.1 Å². The van der Waals surface area contributed by atoms with Gasteiger partial charge in [0.25, 0.3) is 0 Å². The fourth-order valence-electron chi connectivity index (χ4n) is 2.95. The SMILES string of the molecule is Cc1cc(NC(=O)C(C)SCC(=O)Nc2ccc(OC(F)F)c(Cc3ccccc3)c2)no1. The number of carbonyl (C=O) groups excluding carboxylic acids is 2. The summed E-state index contributed by atoms with van der Waals surface area (Å²) in [5.74, 6) is 0.322. The summed E-state index contributed by atoms with van der Waals surface area (Å²) < 4.78 is 35.1. The molecule has 0 aliphatic heterocycles. The lowest BCUT2D eigenvalue weighted by molar-refractivity contribution is -0.115. The third kappa shape index (κ3) is 7.60. The topological polar surface area (TPSA) is 93.5 Å². The van der Waals surface area contributed by atoms with Crippen molar-refractivity contribution in [2.24, 2.45) is 0 Å². The van der Waals surface area contributed by atoms with Crippen LogP contribution < -0.4 is 15.4 Å². The van der Waals surface area contributed by atoms with Gasteiger partial charge in [-0.15, -0.1) is 11.8 Å². The second kappa shape index (κ2) is 11.5. The van der Waals surface area contributed by atoms with E-state index in [0.717, 1.165) is 17.3 Å². The number of nitrogens with zero attached hydrogens (tertiary/aromatic N) is 1. The Labute approximate surface area is 193 Å².